The van der Waals surface area contributed by atoms with Gasteiger partial charge in [-0.25, -0.2) is 19.6 Å². The van der Waals surface area contributed by atoms with Crippen molar-refractivity contribution < 1.29 is 72.1 Å². The number of hydrogen-bond donors (Lipinski definition) is 8. The number of likely N-dealkylation sites (tertiary alicyclic amines) is 1. The number of H-pyrrole nitrogens is 1. The van der Waals surface area contributed by atoms with Crippen LogP contribution in [0.4, 0.5) is 10.7 Å². The first-order chi connectivity index (χ1) is 43.0. The lowest BCUT2D eigenvalue weighted by molar-refractivity contribution is -0.192. The summed E-state index contributed by atoms with van der Waals surface area (Å²) in [6.07, 6.45) is 7.38. The Balaban J connectivity index is 0.000000284. The molecule has 6 heterocycles. The number of nitrogens with one attached hydrogen (secondary N) is 5. The van der Waals surface area contributed by atoms with E-state index in [4.69, 9.17) is 35.3 Å². The minimum atomic E-state index is -1.28. The number of rotatable bonds is 28. The quantitative estimate of drug-likeness (QED) is 0.0170. The molecule has 486 valence electrons. The van der Waals surface area contributed by atoms with Crippen LogP contribution in [0.5, 0.6) is 0 Å². The van der Waals surface area contributed by atoms with E-state index >= 15 is 0 Å². The number of imide groups is 1. The molecule has 0 radical (unpaired) electrons. The van der Waals surface area contributed by atoms with E-state index in [1.165, 1.54) is 6.20 Å². The lowest BCUT2D eigenvalue weighted by Gasteiger charge is -2.39. The Morgan fingerprint density at radius 2 is 1.69 bits per heavy atom. The molecule has 90 heavy (non-hydrogen) atoms. The van der Waals surface area contributed by atoms with Crippen LogP contribution >= 0.6 is 33.3 Å². The molecular weight excluding hydrogens is 1230 g/mol. The van der Waals surface area contributed by atoms with Crippen LogP contribution in [0, 0.1) is 11.8 Å². The monoisotopic (exact) mass is 1300 g/mol. The van der Waals surface area contributed by atoms with Crippen LogP contribution in [-0.4, -0.2) is 193 Å². The van der Waals surface area contributed by atoms with Crippen LogP contribution in [0.1, 0.15) is 107 Å². The number of anilines is 1. The van der Waals surface area contributed by atoms with Gasteiger partial charge in [-0.05, 0) is 95.8 Å². The zero-order valence-electron chi connectivity index (χ0n) is 50.7. The van der Waals surface area contributed by atoms with Gasteiger partial charge < -0.3 is 57.0 Å². The van der Waals surface area contributed by atoms with E-state index in [1.807, 2.05) is 22.6 Å². The number of aryl methyl sites for hydroxylation is 2. The van der Waals surface area contributed by atoms with Gasteiger partial charge in [0.1, 0.15) is 12.6 Å². The standard InChI is InChI=1S/C37H47N9O9S.C21H29N3O5S2.CO2/c1-37(13-11-23(12-14-37)31(49)39-2)55-17-16-46-28(48)18-26(34(46)52)56-20-25(35(53)54)43-27(47)4-3-15-40-32(50)22-8-5-21(6-9-22)7-10-24-19-41-30-29(42-24)33(51)45-36(38)44-30;1-4-7-30-31-8-5-6-12-11(2)17(25)16-15(18(12)26)13(10-29-20(22)27)21(28-3)19-14(23-19)9-24(16)21;2-1-3/h5-6,8-9,19,23,25-26H,3-4,7,10-18,20H2,1-2H3,(H,39,49)(H,40,50)(H,43,47)(H,53,54)(H3,38,41,44,45,51);13-14,19,23H,4-10H2,1-3H3,(H2,22,27);/t23?,25-,26?,37?;13-,14+,19+,21-;/m01./s1. The fraction of sp³-hybridized carbons (Fsp3) is 0.559. The Morgan fingerprint density at radius 1 is 0.978 bits per heavy atom. The topological polar surface area (TPSA) is 424 Å². The predicted molar refractivity (Wildman–Crippen MR) is 331 cm³/mol. The van der Waals surface area contributed by atoms with Crippen LogP contribution in [0.3, 0.4) is 0 Å². The molecule has 4 aliphatic heterocycles. The smallest absolute Gasteiger partial charge is 0.404 e. The lowest BCUT2D eigenvalue weighted by atomic mass is 9.79. The zero-order chi connectivity index (χ0) is 65.5. The molecule has 10 N–H and O–H groups in total. The van der Waals surface area contributed by atoms with E-state index in [1.54, 1.807) is 56.1 Å². The number of carbonyl (C=O) groups is 9. The molecule has 9 rings (SSSR count). The van der Waals surface area contributed by atoms with Gasteiger partial charge in [0.05, 0.1) is 53.6 Å². The summed E-state index contributed by atoms with van der Waals surface area (Å²) in [6.45, 7) is 6.75. The van der Waals surface area contributed by atoms with E-state index in [2.05, 4.69) is 48.1 Å². The Labute approximate surface area is 530 Å². The third-order valence-corrected chi connectivity index (χ3v) is 20.5. The number of nitrogens with zero attached hydrogens (tertiary/aromatic N) is 5. The molecule has 3 saturated heterocycles. The van der Waals surface area contributed by atoms with Gasteiger partial charge >= 0.3 is 18.2 Å². The summed E-state index contributed by atoms with van der Waals surface area (Å²) >= 11 is 1.01. The number of carbonyl (C=O) groups excluding carboxylic acids is 10. The van der Waals surface area contributed by atoms with Crippen molar-refractivity contribution in [2.45, 2.75) is 133 Å². The number of nitrogens with two attached hydrogens (primary N) is 2. The van der Waals surface area contributed by atoms with Crippen molar-refractivity contribution in [3.05, 3.63) is 80.1 Å². The maximum Gasteiger partial charge on any atom is 0.404 e. The molecule has 6 atom stereocenters. The van der Waals surface area contributed by atoms with Crippen molar-refractivity contribution in [2.24, 2.45) is 17.6 Å². The molecule has 28 nitrogen and oxygen atoms in total. The van der Waals surface area contributed by atoms with E-state index in [0.717, 1.165) is 46.6 Å². The molecular formula is C59H76N12O16S3. The van der Waals surface area contributed by atoms with Gasteiger partial charge in [-0.3, -0.25) is 48.2 Å². The maximum absolute atomic E-state index is 13.6. The number of amides is 6. The van der Waals surface area contributed by atoms with E-state index in [-0.39, 0.29) is 122 Å². The van der Waals surface area contributed by atoms with Crippen LogP contribution in [-0.2, 0) is 70.2 Å². The van der Waals surface area contributed by atoms with Gasteiger partial charge in [0.25, 0.3) is 11.5 Å². The predicted octanol–water partition coefficient (Wildman–Crippen LogP) is 2.15. The number of carboxylic acids is 1. The van der Waals surface area contributed by atoms with Crippen LogP contribution < -0.4 is 38.3 Å². The molecule has 2 aliphatic carbocycles. The molecule has 31 heteroatoms. The number of aromatic nitrogens is 4. The van der Waals surface area contributed by atoms with Crippen molar-refractivity contribution in [2.75, 3.05) is 70.0 Å². The molecule has 6 aliphatic rings. The van der Waals surface area contributed by atoms with Crippen molar-refractivity contribution >= 4 is 110 Å². The Kier molecular flexibility index (Phi) is 24.8. The van der Waals surface area contributed by atoms with E-state index in [9.17, 15) is 53.1 Å². The number of nitrogen functional groups attached to an aromatic ring is 1. The Morgan fingerprint density at radius 3 is 2.36 bits per heavy atom. The first-order valence-corrected chi connectivity index (χ1v) is 33.1. The van der Waals surface area contributed by atoms with Crippen molar-refractivity contribution in [3.63, 3.8) is 0 Å². The fourth-order valence-electron chi connectivity index (χ4n) is 11.8. The number of allylic oxidation sites excluding steroid dienone is 2. The molecule has 1 unspecified atom stereocenters. The average Bonchev–Trinajstić information content (AvgIpc) is 1.50. The zero-order valence-corrected chi connectivity index (χ0v) is 53.1. The van der Waals surface area contributed by atoms with E-state index in [0.29, 0.717) is 85.2 Å². The highest BCUT2D eigenvalue weighted by molar-refractivity contribution is 8.76. The number of carboxylic acid groups (broad SMARTS) is 1. The number of piperazine rings is 1. The second kappa shape index (κ2) is 32.0. The summed E-state index contributed by atoms with van der Waals surface area (Å²) < 4.78 is 17.2. The number of hydrogen-bond acceptors (Lipinski definition) is 24. The molecule has 6 amide bonds. The first kappa shape index (κ1) is 69.9. The van der Waals surface area contributed by atoms with E-state index < -0.39 is 58.0 Å². The summed E-state index contributed by atoms with van der Waals surface area (Å²) in [6, 6.07) is 5.85. The van der Waals surface area contributed by atoms with Crippen molar-refractivity contribution in [1.82, 2.24) is 51.0 Å². The number of Topliss-reactive ketones (excluding diaryl/α,β-unsaturated/α-hetero) is 2. The largest absolute Gasteiger partial charge is 0.480 e. The Hall–Kier alpha value is -7.54. The second-order valence-electron chi connectivity index (χ2n) is 22.5. The normalized spacial score (nSPS) is 23.4. The van der Waals surface area contributed by atoms with Gasteiger partial charge in [0.15, 0.2) is 22.7 Å². The minimum absolute atomic E-state index is 0.0188. The first-order valence-electron chi connectivity index (χ1n) is 29.5. The second-order valence-corrected chi connectivity index (χ2v) is 26.4. The molecule has 0 bridgehead atoms. The maximum atomic E-state index is 13.6. The highest BCUT2D eigenvalue weighted by Crippen LogP contribution is 2.56. The molecule has 3 aromatic rings. The van der Waals surface area contributed by atoms with Crippen LogP contribution in [0.15, 0.2) is 57.7 Å². The number of primary amides is 1. The summed E-state index contributed by atoms with van der Waals surface area (Å²) in [7, 11) is 6.83. The van der Waals surface area contributed by atoms with Crippen molar-refractivity contribution in [1.29, 1.82) is 0 Å². The van der Waals surface area contributed by atoms with Gasteiger partial charge in [0.2, 0.25) is 35.4 Å². The van der Waals surface area contributed by atoms with Crippen LogP contribution in [0.25, 0.3) is 11.2 Å². The number of ketones is 2. The van der Waals surface area contributed by atoms with Gasteiger partial charge in [-0.2, -0.15) is 14.6 Å². The highest BCUT2D eigenvalue weighted by atomic mass is 33.1. The lowest BCUT2D eigenvalue weighted by Crippen LogP contribution is -2.55. The number of fused-ring (bicyclic) bond motifs is 5. The summed E-state index contributed by atoms with van der Waals surface area (Å²) in [5.74, 6) is -1.89. The summed E-state index contributed by atoms with van der Waals surface area (Å²) in [5.41, 5.74) is 13.1. The van der Waals surface area contributed by atoms with Gasteiger partial charge in [0, 0.05) is 91.6 Å². The molecule has 1 saturated carbocycles. The minimum Gasteiger partial charge on any atom is -0.480 e. The van der Waals surface area contributed by atoms with Gasteiger partial charge in [-0.15, -0.1) is 11.8 Å². The summed E-state index contributed by atoms with van der Waals surface area (Å²) in [4.78, 5) is 159. The third kappa shape index (κ3) is 16.9. The SMILES string of the molecule is CCCSSCCCC1=C(C)C(=O)C2=C(C1=O)[C@@H](COC(N)=O)[C@@]1(OC)[C@H]3N[C@H]3CN21.CNC(=O)C1CCC(C)(OCCN2C(=O)CC(SC[C@H](NC(=O)CCCNC(=O)c3ccc(CCc4cnc5nc(N)[nH]c(=O)c5n4)cc3)C(=O)O)C2=O)CC1.O=C=O. The number of ether oxygens (including phenoxy) is 3. The molecule has 4 fully saturated rings. The number of benzene rings is 1. The molecule has 1 aromatic carbocycles. The number of thioether (sulfide) groups is 1. The average molecular weight is 1310 g/mol. The van der Waals surface area contributed by atoms with Crippen molar-refractivity contribution in [3.8, 4) is 0 Å². The highest BCUT2D eigenvalue weighted by Gasteiger charge is 2.72. The third-order valence-electron chi connectivity index (χ3n) is 16.5. The van der Waals surface area contributed by atoms with Gasteiger partial charge in [-0.1, -0.05) is 40.6 Å². The molecule has 2 aromatic heterocycles. The fourth-order valence-corrected chi connectivity index (χ4v) is 15.2. The number of methoxy groups -OCH3 is 1. The molecule has 0 spiro atoms. The summed E-state index contributed by atoms with van der Waals surface area (Å²) in [5, 5.41) is 20.2. The Bertz CT molecular complexity index is 3370. The number of aliphatic carboxylic acids is 1. The van der Waals surface area contributed by atoms with Crippen LogP contribution in [0.2, 0.25) is 0 Å². The number of aromatic amines is 1.